The van der Waals surface area contributed by atoms with Gasteiger partial charge >= 0.3 is 5.97 Å². The first-order valence-corrected chi connectivity index (χ1v) is 6.05. The molecule has 0 saturated heterocycles. The minimum Gasteiger partial charge on any atom is -0.480 e. The minimum atomic E-state index is -0.736. The van der Waals surface area contributed by atoms with Gasteiger partial charge in [0.25, 0.3) is 0 Å². The summed E-state index contributed by atoms with van der Waals surface area (Å²) in [5, 5.41) is 12.2. The number of carboxylic acid groups (broad SMARTS) is 1. The fraction of sp³-hybridized carbons (Fsp3) is 0.917. The van der Waals surface area contributed by atoms with Crippen molar-refractivity contribution in [1.82, 2.24) is 5.32 Å². The van der Waals surface area contributed by atoms with Crippen molar-refractivity contribution in [2.75, 3.05) is 6.54 Å². The van der Waals surface area contributed by atoms with Gasteiger partial charge in [0, 0.05) is 0 Å². The molecule has 1 unspecified atom stereocenters. The number of carbonyl (C=O) groups is 1. The second-order valence-corrected chi connectivity index (χ2v) is 4.33. The summed E-state index contributed by atoms with van der Waals surface area (Å²) in [6.45, 7) is 6.61. The molecule has 0 saturated carbocycles. The Bertz CT molecular complexity index is 182. The van der Waals surface area contributed by atoms with Gasteiger partial charge in [-0.2, -0.15) is 0 Å². The van der Waals surface area contributed by atoms with E-state index in [-0.39, 0.29) is 0 Å². The quantitative estimate of drug-likeness (QED) is 0.581. The third-order valence-corrected chi connectivity index (χ3v) is 2.82. The van der Waals surface area contributed by atoms with Gasteiger partial charge in [0.05, 0.1) is 0 Å². The Balaban J connectivity index is 3.81. The molecule has 0 heterocycles. The van der Waals surface area contributed by atoms with Gasteiger partial charge in [-0.3, -0.25) is 4.79 Å². The zero-order valence-electron chi connectivity index (χ0n) is 10.3. The lowest BCUT2D eigenvalue weighted by molar-refractivity contribution is -0.144. The summed E-state index contributed by atoms with van der Waals surface area (Å²) >= 11 is 0. The average Bonchev–Trinajstić information content (AvgIpc) is 2.18. The predicted octanol–water partition coefficient (Wildman–Crippen LogP) is 2.80. The molecule has 0 amide bonds. The molecule has 3 heteroatoms. The average molecular weight is 215 g/mol. The Morgan fingerprint density at radius 2 is 1.80 bits per heavy atom. The topological polar surface area (TPSA) is 49.3 Å². The molecule has 3 nitrogen and oxygen atoms in total. The number of nitrogens with one attached hydrogen (secondary N) is 1. The highest BCUT2D eigenvalue weighted by molar-refractivity contribution is 5.78. The normalized spacial score (nSPS) is 14.9. The minimum absolute atomic E-state index is 0.706. The van der Waals surface area contributed by atoms with Crippen LogP contribution in [0.1, 0.15) is 59.3 Å². The van der Waals surface area contributed by atoms with E-state index in [9.17, 15) is 4.79 Å². The second kappa shape index (κ2) is 7.69. The van der Waals surface area contributed by atoms with Crippen LogP contribution in [0.2, 0.25) is 0 Å². The summed E-state index contributed by atoms with van der Waals surface area (Å²) in [6, 6.07) is 0. The molecule has 0 aliphatic rings. The summed E-state index contributed by atoms with van der Waals surface area (Å²) in [4.78, 5) is 11.1. The molecule has 0 aromatic rings. The number of hydrogen-bond acceptors (Lipinski definition) is 2. The maximum absolute atomic E-state index is 11.1. The third-order valence-electron chi connectivity index (χ3n) is 2.82. The monoisotopic (exact) mass is 215 g/mol. The van der Waals surface area contributed by atoms with E-state index in [1.807, 2.05) is 6.92 Å². The predicted molar refractivity (Wildman–Crippen MR) is 63.1 cm³/mol. The van der Waals surface area contributed by atoms with Crippen LogP contribution >= 0.6 is 0 Å². The van der Waals surface area contributed by atoms with Crippen molar-refractivity contribution in [3.63, 3.8) is 0 Å². The maximum Gasteiger partial charge on any atom is 0.323 e. The molecule has 15 heavy (non-hydrogen) atoms. The van der Waals surface area contributed by atoms with Gasteiger partial charge in [0.1, 0.15) is 5.54 Å². The summed E-state index contributed by atoms with van der Waals surface area (Å²) in [6.07, 6.45) is 6.56. The van der Waals surface area contributed by atoms with E-state index in [4.69, 9.17) is 5.11 Å². The van der Waals surface area contributed by atoms with Gasteiger partial charge < -0.3 is 10.4 Å². The summed E-state index contributed by atoms with van der Waals surface area (Å²) in [7, 11) is 0. The largest absolute Gasteiger partial charge is 0.480 e. The van der Waals surface area contributed by atoms with E-state index in [1.165, 1.54) is 19.3 Å². The first kappa shape index (κ1) is 14.4. The van der Waals surface area contributed by atoms with Crippen molar-refractivity contribution in [2.24, 2.45) is 0 Å². The molecule has 2 N–H and O–H groups in total. The first-order valence-electron chi connectivity index (χ1n) is 6.05. The van der Waals surface area contributed by atoms with E-state index < -0.39 is 11.5 Å². The van der Waals surface area contributed by atoms with Crippen LogP contribution in [0.5, 0.6) is 0 Å². The molecule has 0 aliphatic carbocycles. The van der Waals surface area contributed by atoms with E-state index in [0.29, 0.717) is 6.54 Å². The van der Waals surface area contributed by atoms with E-state index >= 15 is 0 Å². The molecule has 0 aromatic heterocycles. The lowest BCUT2D eigenvalue weighted by Crippen LogP contribution is -2.49. The lowest BCUT2D eigenvalue weighted by atomic mass is 9.94. The van der Waals surface area contributed by atoms with Crippen molar-refractivity contribution in [3.8, 4) is 0 Å². The standard InChI is InChI=1S/C12H25NO2/c1-4-6-7-8-9-10-12(3,11(14)15)13-5-2/h13H,4-10H2,1-3H3,(H,14,15). The van der Waals surface area contributed by atoms with Crippen molar-refractivity contribution < 1.29 is 9.90 Å². The maximum atomic E-state index is 11.1. The summed E-state index contributed by atoms with van der Waals surface area (Å²) in [5.74, 6) is -0.736. The van der Waals surface area contributed by atoms with Crippen LogP contribution in [0.4, 0.5) is 0 Å². The third kappa shape index (κ3) is 5.78. The Hall–Kier alpha value is -0.570. The Labute approximate surface area is 93.3 Å². The van der Waals surface area contributed by atoms with Gasteiger partial charge in [-0.1, -0.05) is 46.0 Å². The van der Waals surface area contributed by atoms with Crippen LogP contribution in [-0.2, 0) is 4.79 Å². The molecule has 0 bridgehead atoms. The van der Waals surface area contributed by atoms with E-state index in [0.717, 1.165) is 19.3 Å². The number of carboxylic acids is 1. The molecule has 0 radical (unpaired) electrons. The molecule has 0 aromatic carbocycles. The van der Waals surface area contributed by atoms with E-state index in [1.54, 1.807) is 6.92 Å². The number of rotatable bonds is 9. The molecule has 0 rings (SSSR count). The Morgan fingerprint density at radius 3 is 2.27 bits per heavy atom. The van der Waals surface area contributed by atoms with Gasteiger partial charge in [-0.25, -0.2) is 0 Å². The van der Waals surface area contributed by atoms with Crippen molar-refractivity contribution in [2.45, 2.75) is 64.8 Å². The molecule has 90 valence electrons. The zero-order valence-corrected chi connectivity index (χ0v) is 10.3. The lowest BCUT2D eigenvalue weighted by Gasteiger charge is -2.25. The van der Waals surface area contributed by atoms with Crippen molar-refractivity contribution in [3.05, 3.63) is 0 Å². The number of unbranched alkanes of at least 4 members (excludes halogenated alkanes) is 4. The number of aliphatic carboxylic acids is 1. The summed E-state index contributed by atoms with van der Waals surface area (Å²) in [5.41, 5.74) is -0.735. The highest BCUT2D eigenvalue weighted by Gasteiger charge is 2.30. The van der Waals surface area contributed by atoms with Crippen LogP contribution in [0.25, 0.3) is 0 Å². The fourth-order valence-electron chi connectivity index (χ4n) is 1.74. The van der Waals surface area contributed by atoms with Gasteiger partial charge in [0.2, 0.25) is 0 Å². The fourth-order valence-corrected chi connectivity index (χ4v) is 1.74. The molecule has 0 spiro atoms. The van der Waals surface area contributed by atoms with Crippen LogP contribution in [0, 0.1) is 0 Å². The van der Waals surface area contributed by atoms with Gasteiger partial charge in [-0.15, -0.1) is 0 Å². The van der Waals surface area contributed by atoms with Gasteiger partial charge in [-0.05, 0) is 19.9 Å². The van der Waals surface area contributed by atoms with Crippen molar-refractivity contribution in [1.29, 1.82) is 0 Å². The molecular formula is C12H25NO2. The van der Waals surface area contributed by atoms with Crippen LogP contribution in [-0.4, -0.2) is 23.2 Å². The SMILES string of the molecule is CCCCCCCC(C)(NCC)C(=O)O. The van der Waals surface area contributed by atoms with Crippen LogP contribution in [0.3, 0.4) is 0 Å². The Morgan fingerprint density at radius 1 is 1.20 bits per heavy atom. The zero-order chi connectivity index (χ0) is 11.7. The van der Waals surface area contributed by atoms with Gasteiger partial charge in [0.15, 0.2) is 0 Å². The molecular weight excluding hydrogens is 190 g/mol. The Kier molecular flexibility index (Phi) is 7.39. The number of likely N-dealkylation sites (N-methyl/N-ethyl adjacent to an activating group) is 1. The first-order chi connectivity index (χ1) is 7.06. The van der Waals surface area contributed by atoms with E-state index in [2.05, 4.69) is 12.2 Å². The highest BCUT2D eigenvalue weighted by atomic mass is 16.4. The van der Waals surface area contributed by atoms with Crippen LogP contribution in [0.15, 0.2) is 0 Å². The molecule has 1 atom stereocenters. The van der Waals surface area contributed by atoms with Crippen molar-refractivity contribution >= 4 is 5.97 Å². The smallest absolute Gasteiger partial charge is 0.323 e. The second-order valence-electron chi connectivity index (χ2n) is 4.33. The summed E-state index contributed by atoms with van der Waals surface area (Å²) < 4.78 is 0. The molecule has 0 aliphatic heterocycles. The molecule has 0 fully saturated rings. The number of hydrogen-bond donors (Lipinski definition) is 2. The van der Waals surface area contributed by atoms with Crippen LogP contribution < -0.4 is 5.32 Å². The highest BCUT2D eigenvalue weighted by Crippen LogP contribution is 2.16.